The lowest BCUT2D eigenvalue weighted by Gasteiger charge is -2.11. The number of nitrogens with two attached hydrogens (primary N) is 1. The maximum absolute atomic E-state index is 13.5. The van der Waals surface area contributed by atoms with Gasteiger partial charge < -0.3 is 5.73 Å². The molecule has 0 fully saturated rings. The van der Waals surface area contributed by atoms with Gasteiger partial charge in [0.2, 0.25) is 0 Å². The van der Waals surface area contributed by atoms with Crippen molar-refractivity contribution in [3.8, 4) is 0 Å². The largest absolute Gasteiger partial charge is 0.397 e. The third-order valence-electron chi connectivity index (χ3n) is 2.44. The van der Waals surface area contributed by atoms with Gasteiger partial charge in [-0.25, -0.2) is 21.6 Å². The van der Waals surface area contributed by atoms with Crippen LogP contribution in [0.2, 0.25) is 0 Å². The fourth-order valence-electron chi connectivity index (χ4n) is 1.51. The van der Waals surface area contributed by atoms with Crippen molar-refractivity contribution < 1.29 is 21.6 Å². The van der Waals surface area contributed by atoms with E-state index < -0.39 is 32.4 Å². The fourth-order valence-corrected chi connectivity index (χ4v) is 2.65. The highest BCUT2D eigenvalue weighted by Gasteiger charge is 2.20. The normalized spacial score (nSPS) is 11.3. The number of anilines is 2. The quantitative estimate of drug-likeness (QED) is 0.856. The van der Waals surface area contributed by atoms with Crippen LogP contribution in [-0.4, -0.2) is 8.42 Å². The van der Waals surface area contributed by atoms with Gasteiger partial charge in [0.25, 0.3) is 10.0 Å². The van der Waals surface area contributed by atoms with Crippen LogP contribution < -0.4 is 10.5 Å². The molecule has 4 nitrogen and oxygen atoms in total. The molecular formula is C12H9F3N2O2S. The van der Waals surface area contributed by atoms with Gasteiger partial charge in [-0.1, -0.05) is 0 Å². The molecule has 0 atom stereocenters. The number of nitrogen functional groups attached to an aromatic ring is 1. The smallest absolute Gasteiger partial charge is 0.264 e. The Balaban J connectivity index is 2.43. The van der Waals surface area contributed by atoms with E-state index in [1.807, 2.05) is 4.72 Å². The highest BCUT2D eigenvalue weighted by molar-refractivity contribution is 7.92. The lowest BCUT2D eigenvalue weighted by molar-refractivity contribution is 0.551. The van der Waals surface area contributed by atoms with Gasteiger partial charge in [0.05, 0.1) is 11.4 Å². The summed E-state index contributed by atoms with van der Waals surface area (Å²) in [5.41, 5.74) is 5.23. The Labute approximate surface area is 113 Å². The highest BCUT2D eigenvalue weighted by atomic mass is 32.2. The van der Waals surface area contributed by atoms with Crippen LogP contribution >= 0.6 is 0 Å². The van der Waals surface area contributed by atoms with Crippen molar-refractivity contribution in [1.29, 1.82) is 0 Å². The average molecular weight is 302 g/mol. The summed E-state index contributed by atoms with van der Waals surface area (Å²) in [5.74, 6) is -2.88. The second kappa shape index (κ2) is 5.04. The third kappa shape index (κ3) is 2.85. The molecule has 0 aliphatic heterocycles. The maximum Gasteiger partial charge on any atom is 0.264 e. The molecule has 0 aliphatic rings. The Hall–Kier alpha value is -2.22. The molecule has 0 saturated heterocycles. The van der Waals surface area contributed by atoms with E-state index >= 15 is 0 Å². The number of hydrogen-bond donors (Lipinski definition) is 2. The van der Waals surface area contributed by atoms with Gasteiger partial charge in [-0.3, -0.25) is 4.72 Å². The number of hydrogen-bond acceptors (Lipinski definition) is 3. The molecule has 0 aromatic heterocycles. The summed E-state index contributed by atoms with van der Waals surface area (Å²) in [6.07, 6.45) is 0. The van der Waals surface area contributed by atoms with Crippen LogP contribution in [0.15, 0.2) is 41.3 Å². The first-order valence-corrected chi connectivity index (χ1v) is 6.81. The summed E-state index contributed by atoms with van der Waals surface area (Å²) < 4.78 is 65.1. The number of halogens is 3. The predicted octanol–water partition coefficient (Wildman–Crippen LogP) is 2.49. The molecule has 20 heavy (non-hydrogen) atoms. The minimum Gasteiger partial charge on any atom is -0.397 e. The van der Waals surface area contributed by atoms with Gasteiger partial charge in [-0.2, -0.15) is 0 Å². The molecule has 0 spiro atoms. The van der Waals surface area contributed by atoms with Crippen LogP contribution in [0.25, 0.3) is 0 Å². The van der Waals surface area contributed by atoms with Crippen molar-refractivity contribution in [2.24, 2.45) is 0 Å². The first-order chi connectivity index (χ1) is 9.29. The Morgan fingerprint density at radius 1 is 0.950 bits per heavy atom. The maximum atomic E-state index is 13.5. The van der Waals surface area contributed by atoms with Gasteiger partial charge in [0.15, 0.2) is 0 Å². The molecule has 3 N–H and O–H groups in total. The number of nitrogens with one attached hydrogen (secondary N) is 1. The molecule has 0 heterocycles. The van der Waals surface area contributed by atoms with E-state index in [2.05, 4.69) is 0 Å². The third-order valence-corrected chi connectivity index (χ3v) is 3.84. The summed E-state index contributed by atoms with van der Waals surface area (Å²) in [6, 6.07) is 5.06. The molecule has 2 aromatic rings. The minimum atomic E-state index is -4.34. The van der Waals surface area contributed by atoms with Gasteiger partial charge in [-0.15, -0.1) is 0 Å². The SMILES string of the molecule is Nc1ccc(F)cc1NS(=O)(=O)c1ccc(F)cc1F. The van der Waals surface area contributed by atoms with Gasteiger partial charge in [-0.05, 0) is 24.3 Å². The van der Waals surface area contributed by atoms with Crippen LogP contribution in [0.3, 0.4) is 0 Å². The van der Waals surface area contributed by atoms with Crippen molar-refractivity contribution >= 4 is 21.4 Å². The monoisotopic (exact) mass is 302 g/mol. The molecule has 2 aromatic carbocycles. The zero-order valence-corrected chi connectivity index (χ0v) is 10.7. The molecule has 0 saturated carbocycles. The van der Waals surface area contributed by atoms with Crippen molar-refractivity contribution in [2.45, 2.75) is 4.90 Å². The minimum absolute atomic E-state index is 0.0301. The van der Waals surface area contributed by atoms with E-state index in [1.54, 1.807) is 0 Å². The standard InChI is InChI=1S/C12H9F3N2O2S/c13-7-2-4-12(9(15)5-7)20(18,19)17-11-6-8(14)1-3-10(11)16/h1-6,17H,16H2. The summed E-state index contributed by atoms with van der Waals surface area (Å²) in [7, 11) is -4.34. The summed E-state index contributed by atoms with van der Waals surface area (Å²) in [5, 5.41) is 0. The fraction of sp³-hybridized carbons (Fsp3) is 0. The van der Waals surface area contributed by atoms with Crippen LogP contribution in [0.1, 0.15) is 0 Å². The van der Waals surface area contributed by atoms with E-state index in [0.717, 1.165) is 30.3 Å². The van der Waals surface area contributed by atoms with Crippen LogP contribution in [0.4, 0.5) is 24.5 Å². The molecular weight excluding hydrogens is 293 g/mol. The summed E-state index contributed by atoms with van der Waals surface area (Å²) >= 11 is 0. The van der Waals surface area contributed by atoms with Crippen molar-refractivity contribution in [1.82, 2.24) is 0 Å². The van der Waals surface area contributed by atoms with Gasteiger partial charge in [0, 0.05) is 12.1 Å². The molecule has 106 valence electrons. The molecule has 0 aliphatic carbocycles. The number of sulfonamides is 1. The molecule has 0 unspecified atom stereocenters. The van der Waals surface area contributed by atoms with Crippen LogP contribution in [0, 0.1) is 17.5 Å². The Kier molecular flexibility index (Phi) is 3.58. The van der Waals surface area contributed by atoms with Crippen molar-refractivity contribution in [3.63, 3.8) is 0 Å². The highest BCUT2D eigenvalue weighted by Crippen LogP contribution is 2.24. The van der Waals surface area contributed by atoms with Gasteiger partial charge >= 0.3 is 0 Å². The second-order valence-corrected chi connectivity index (χ2v) is 5.56. The second-order valence-electron chi connectivity index (χ2n) is 3.91. The van der Waals surface area contributed by atoms with Gasteiger partial charge in [0.1, 0.15) is 22.3 Å². The van der Waals surface area contributed by atoms with Crippen LogP contribution in [0.5, 0.6) is 0 Å². The first-order valence-electron chi connectivity index (χ1n) is 5.32. The van der Waals surface area contributed by atoms with Crippen molar-refractivity contribution in [2.75, 3.05) is 10.5 Å². The number of benzene rings is 2. The Morgan fingerprint density at radius 3 is 2.20 bits per heavy atom. The van der Waals surface area contributed by atoms with E-state index in [9.17, 15) is 21.6 Å². The van der Waals surface area contributed by atoms with E-state index in [0.29, 0.717) is 6.07 Å². The number of rotatable bonds is 3. The molecule has 0 bridgehead atoms. The topological polar surface area (TPSA) is 72.2 Å². The summed E-state index contributed by atoms with van der Waals surface area (Å²) in [4.78, 5) is -0.762. The summed E-state index contributed by atoms with van der Waals surface area (Å²) in [6.45, 7) is 0. The molecule has 2 rings (SSSR count). The molecule has 8 heteroatoms. The lowest BCUT2D eigenvalue weighted by atomic mass is 10.3. The average Bonchev–Trinajstić information content (AvgIpc) is 2.33. The molecule has 0 amide bonds. The Morgan fingerprint density at radius 2 is 1.55 bits per heavy atom. The van der Waals surface area contributed by atoms with E-state index in [-0.39, 0.29) is 11.4 Å². The van der Waals surface area contributed by atoms with E-state index in [4.69, 9.17) is 5.73 Å². The Bertz CT molecular complexity index is 763. The predicted molar refractivity (Wildman–Crippen MR) is 68.0 cm³/mol. The zero-order chi connectivity index (χ0) is 14.9. The van der Waals surface area contributed by atoms with Crippen LogP contribution in [-0.2, 0) is 10.0 Å². The van der Waals surface area contributed by atoms with Crippen molar-refractivity contribution in [3.05, 3.63) is 53.8 Å². The lowest BCUT2D eigenvalue weighted by Crippen LogP contribution is -2.16. The zero-order valence-electron chi connectivity index (χ0n) is 9.90. The first kappa shape index (κ1) is 14.2. The van der Waals surface area contributed by atoms with E-state index in [1.165, 1.54) is 0 Å². The molecule has 0 radical (unpaired) electrons.